The first kappa shape index (κ1) is 17.1. The van der Waals surface area contributed by atoms with Crippen molar-refractivity contribution in [1.29, 1.82) is 0 Å². The lowest BCUT2D eigenvalue weighted by Gasteiger charge is -2.33. The average Bonchev–Trinajstić information content (AvgIpc) is 2.98. The highest BCUT2D eigenvalue weighted by molar-refractivity contribution is 7.90. The average molecular weight is 395 g/mol. The smallest absolute Gasteiger partial charge is 0.286 e. The lowest BCUT2D eigenvalue weighted by atomic mass is 10.1. The monoisotopic (exact) mass is 395 g/mol. The molecule has 0 atom stereocenters. The Morgan fingerprint density at radius 1 is 1.07 bits per heavy atom. The van der Waals surface area contributed by atoms with Crippen LogP contribution in [0.1, 0.15) is 18.4 Å². The second-order valence-corrected chi connectivity index (χ2v) is 8.33. The highest BCUT2D eigenvalue weighted by Crippen LogP contribution is 2.30. The number of nitrogens with zero attached hydrogens (tertiary/aromatic N) is 5. The van der Waals surface area contributed by atoms with Crippen LogP contribution in [-0.4, -0.2) is 48.5 Å². The zero-order valence-electron chi connectivity index (χ0n) is 14.9. The number of hydrogen-bond donors (Lipinski definition) is 0. The Bertz CT molecular complexity index is 1180. The van der Waals surface area contributed by atoms with E-state index in [-0.39, 0.29) is 16.9 Å². The summed E-state index contributed by atoms with van der Waals surface area (Å²) in [6.07, 6.45) is 6.42. The number of piperidine rings is 1. The molecule has 4 heterocycles. The molecular weight excluding hydrogens is 378 g/mol. The van der Waals surface area contributed by atoms with Crippen molar-refractivity contribution >= 4 is 32.6 Å². The van der Waals surface area contributed by atoms with Gasteiger partial charge in [-0.05, 0) is 18.2 Å². The maximum absolute atomic E-state index is 12.2. The summed E-state index contributed by atoms with van der Waals surface area (Å²) in [6.45, 7) is 1.50. The van der Waals surface area contributed by atoms with E-state index in [0.717, 1.165) is 42.7 Å². The Morgan fingerprint density at radius 2 is 1.89 bits per heavy atom. The summed E-state index contributed by atoms with van der Waals surface area (Å²) in [7, 11) is -3.65. The molecule has 0 bridgehead atoms. The van der Waals surface area contributed by atoms with Crippen molar-refractivity contribution in [3.05, 3.63) is 54.6 Å². The van der Waals surface area contributed by atoms with E-state index in [9.17, 15) is 8.42 Å². The predicted octanol–water partition coefficient (Wildman–Crippen LogP) is 2.16. The Hall–Kier alpha value is -3.07. The van der Waals surface area contributed by atoms with Crippen LogP contribution in [0, 0.1) is 0 Å². The second-order valence-electron chi connectivity index (χ2n) is 6.76. The number of aromatic nitrogens is 3. The molecule has 0 unspecified atom stereocenters. The molecule has 0 saturated carbocycles. The molecule has 3 aromatic rings. The predicted molar refractivity (Wildman–Crippen MR) is 104 cm³/mol. The van der Waals surface area contributed by atoms with Crippen molar-refractivity contribution < 1.29 is 13.2 Å². The van der Waals surface area contributed by atoms with Crippen LogP contribution < -0.4 is 4.90 Å². The minimum Gasteiger partial charge on any atom is -0.473 e. The van der Waals surface area contributed by atoms with E-state index in [0.29, 0.717) is 5.56 Å². The first-order valence-corrected chi connectivity index (χ1v) is 10.5. The van der Waals surface area contributed by atoms with Gasteiger partial charge in [0, 0.05) is 37.5 Å². The van der Waals surface area contributed by atoms with Gasteiger partial charge in [-0.3, -0.25) is 4.98 Å². The Morgan fingerprint density at radius 3 is 2.75 bits per heavy atom. The van der Waals surface area contributed by atoms with Crippen LogP contribution in [-0.2, 0) is 14.8 Å². The summed E-state index contributed by atoms with van der Waals surface area (Å²) in [5.41, 5.74) is 1.35. The van der Waals surface area contributed by atoms with Crippen LogP contribution in [0.3, 0.4) is 0 Å². The molecule has 2 aliphatic heterocycles. The molecule has 1 saturated heterocycles. The zero-order valence-corrected chi connectivity index (χ0v) is 15.7. The maximum Gasteiger partial charge on any atom is 0.286 e. The largest absolute Gasteiger partial charge is 0.473 e. The van der Waals surface area contributed by atoms with Crippen molar-refractivity contribution in [3.63, 3.8) is 0 Å². The van der Waals surface area contributed by atoms with Gasteiger partial charge in [0.2, 0.25) is 5.90 Å². The zero-order chi connectivity index (χ0) is 19.1. The highest BCUT2D eigenvalue weighted by Gasteiger charge is 2.32. The summed E-state index contributed by atoms with van der Waals surface area (Å²) in [6, 6.07) is 8.69. The topological polar surface area (TPSA) is 97.6 Å². The van der Waals surface area contributed by atoms with Gasteiger partial charge in [0.15, 0.2) is 0 Å². The molecule has 0 aliphatic carbocycles. The molecule has 5 rings (SSSR count). The van der Waals surface area contributed by atoms with E-state index in [1.54, 1.807) is 43.0 Å². The maximum atomic E-state index is 12.2. The Kier molecular flexibility index (Phi) is 3.97. The van der Waals surface area contributed by atoms with Gasteiger partial charge in [0.1, 0.15) is 23.1 Å². The quantitative estimate of drug-likeness (QED) is 0.656. The first-order chi connectivity index (χ1) is 13.6. The van der Waals surface area contributed by atoms with Crippen LogP contribution in [0.4, 0.5) is 5.82 Å². The number of anilines is 1. The van der Waals surface area contributed by atoms with Crippen LogP contribution in [0.15, 0.2) is 58.3 Å². The van der Waals surface area contributed by atoms with Crippen LogP contribution in [0.2, 0.25) is 0 Å². The summed E-state index contributed by atoms with van der Waals surface area (Å²) >= 11 is 0. The van der Waals surface area contributed by atoms with Crippen molar-refractivity contribution in [2.45, 2.75) is 23.8 Å². The minimum absolute atomic E-state index is 0.0916. The molecule has 142 valence electrons. The molecule has 0 N–H and O–H groups in total. The van der Waals surface area contributed by atoms with Crippen molar-refractivity contribution in [1.82, 2.24) is 15.0 Å². The van der Waals surface area contributed by atoms with Gasteiger partial charge in [-0.1, -0.05) is 12.1 Å². The fourth-order valence-corrected chi connectivity index (χ4v) is 4.79. The molecule has 1 aromatic carbocycles. The SMILES string of the molecule is O=S1(=O)N=C(OC2CCN(c3ncnc4cnccc34)CC2)c2ccccc21. The number of benzene rings is 1. The minimum atomic E-state index is -3.65. The molecule has 1 fully saturated rings. The third-order valence-electron chi connectivity index (χ3n) is 5.04. The van der Waals surface area contributed by atoms with Crippen LogP contribution in [0.25, 0.3) is 10.9 Å². The number of fused-ring (bicyclic) bond motifs is 2. The summed E-state index contributed by atoms with van der Waals surface area (Å²) in [5.74, 6) is 1.09. The molecule has 0 amide bonds. The Balaban J connectivity index is 1.32. The third kappa shape index (κ3) is 2.88. The van der Waals surface area contributed by atoms with E-state index in [2.05, 4.69) is 24.2 Å². The molecule has 2 aromatic heterocycles. The van der Waals surface area contributed by atoms with Gasteiger partial charge in [-0.2, -0.15) is 8.42 Å². The van der Waals surface area contributed by atoms with Crippen molar-refractivity contribution in [3.8, 4) is 0 Å². The van der Waals surface area contributed by atoms with E-state index >= 15 is 0 Å². The normalized spacial score (nSPS) is 18.7. The van der Waals surface area contributed by atoms with E-state index < -0.39 is 10.0 Å². The third-order valence-corrected chi connectivity index (χ3v) is 6.35. The Labute approximate surface area is 162 Å². The van der Waals surface area contributed by atoms with Gasteiger partial charge in [-0.15, -0.1) is 4.40 Å². The fraction of sp³-hybridized carbons (Fsp3) is 0.263. The number of pyridine rings is 1. The molecular formula is C19H17N5O3S. The second kappa shape index (κ2) is 6.52. The summed E-state index contributed by atoms with van der Waals surface area (Å²) < 4.78 is 34.2. The molecule has 0 spiro atoms. The van der Waals surface area contributed by atoms with Gasteiger partial charge in [0.05, 0.1) is 17.3 Å². The fourth-order valence-electron chi connectivity index (χ4n) is 3.65. The van der Waals surface area contributed by atoms with E-state index in [1.165, 1.54) is 0 Å². The lowest BCUT2D eigenvalue weighted by molar-refractivity contribution is 0.159. The van der Waals surface area contributed by atoms with Gasteiger partial charge in [-0.25, -0.2) is 9.97 Å². The lowest BCUT2D eigenvalue weighted by Crippen LogP contribution is -2.38. The molecule has 0 radical (unpaired) electrons. The number of sulfonamides is 1. The number of rotatable bonds is 2. The first-order valence-electron chi connectivity index (χ1n) is 9.02. The number of hydrogen-bond acceptors (Lipinski definition) is 7. The van der Waals surface area contributed by atoms with E-state index in [4.69, 9.17) is 4.74 Å². The van der Waals surface area contributed by atoms with E-state index in [1.807, 2.05) is 6.07 Å². The molecule has 28 heavy (non-hydrogen) atoms. The van der Waals surface area contributed by atoms with Crippen molar-refractivity contribution in [2.24, 2.45) is 4.40 Å². The standard InChI is InChI=1S/C19H17N5O3S/c25-28(26)17-4-2-1-3-15(17)19(23-28)27-13-6-9-24(10-7-13)18-14-5-8-20-11-16(14)21-12-22-18/h1-5,8,11-13H,6-7,9-10H2. The van der Waals surface area contributed by atoms with Crippen LogP contribution in [0.5, 0.6) is 0 Å². The van der Waals surface area contributed by atoms with Crippen LogP contribution >= 0.6 is 0 Å². The molecule has 2 aliphatic rings. The number of ether oxygens (including phenoxy) is 1. The molecule has 9 heteroatoms. The van der Waals surface area contributed by atoms with Gasteiger partial charge < -0.3 is 9.64 Å². The van der Waals surface area contributed by atoms with Gasteiger partial charge >= 0.3 is 0 Å². The molecule has 8 nitrogen and oxygen atoms in total. The van der Waals surface area contributed by atoms with Gasteiger partial charge in [0.25, 0.3) is 10.0 Å². The van der Waals surface area contributed by atoms with Crippen molar-refractivity contribution in [2.75, 3.05) is 18.0 Å². The summed E-state index contributed by atoms with van der Waals surface area (Å²) in [4.78, 5) is 15.2. The highest BCUT2D eigenvalue weighted by atomic mass is 32.2. The summed E-state index contributed by atoms with van der Waals surface area (Å²) in [5, 5.41) is 0.969.